The highest BCUT2D eigenvalue weighted by Crippen LogP contribution is 2.19. The van der Waals surface area contributed by atoms with Crippen LogP contribution in [0.2, 0.25) is 10.0 Å². The topological polar surface area (TPSA) is 108 Å². The molecular weight excluding hydrogens is 357 g/mol. The maximum absolute atomic E-state index is 11.8. The van der Waals surface area contributed by atoms with Crippen molar-refractivity contribution in [3.05, 3.63) is 73.8 Å². The van der Waals surface area contributed by atoms with Crippen molar-refractivity contribution >= 4 is 40.7 Å². The fourth-order valence-corrected chi connectivity index (χ4v) is 2.33. The van der Waals surface area contributed by atoms with Crippen molar-refractivity contribution in [2.75, 3.05) is 0 Å². The predicted octanol–water partition coefficient (Wildman–Crippen LogP) is 3.57. The van der Waals surface area contributed by atoms with Gasteiger partial charge in [0.05, 0.1) is 10.5 Å². The third-order valence-electron chi connectivity index (χ3n) is 2.88. The quantitative estimate of drug-likeness (QED) is 0.285. The van der Waals surface area contributed by atoms with E-state index in [0.29, 0.717) is 5.56 Å². The number of carbonyl (C=O) groups excluding carboxylic acids is 1. The number of halogens is 2. The van der Waals surface area contributed by atoms with Crippen LogP contribution in [0.3, 0.4) is 0 Å². The molecule has 0 radical (unpaired) electrons. The molecule has 0 unspecified atom stereocenters. The second-order valence-electron chi connectivity index (χ2n) is 4.72. The van der Waals surface area contributed by atoms with Gasteiger partial charge in [0.25, 0.3) is 5.69 Å². The molecule has 0 aliphatic rings. The van der Waals surface area contributed by atoms with Crippen LogP contribution in [0.1, 0.15) is 15.9 Å². The number of nitrogens with zero attached hydrogens (tertiary/aromatic N) is 2. The Labute approximate surface area is 146 Å². The lowest BCUT2D eigenvalue weighted by atomic mass is 10.1. The highest BCUT2D eigenvalue weighted by Gasteiger charge is 2.10. The highest BCUT2D eigenvalue weighted by atomic mass is 35.5. The summed E-state index contributed by atoms with van der Waals surface area (Å²) in [5.41, 5.74) is 6.47. The molecule has 9 heteroatoms. The number of rotatable bonds is 5. The van der Waals surface area contributed by atoms with Gasteiger partial charge in [0, 0.05) is 28.6 Å². The summed E-state index contributed by atoms with van der Waals surface area (Å²) in [5, 5.41) is 14.7. The maximum Gasteiger partial charge on any atom is 0.365 e. The molecular formula is C15H11Cl2N3O4. The molecule has 7 nitrogen and oxygen atoms in total. The largest absolute Gasteiger partial charge is 0.384 e. The Morgan fingerprint density at radius 1 is 1.17 bits per heavy atom. The van der Waals surface area contributed by atoms with E-state index in [2.05, 4.69) is 5.16 Å². The Hall–Kier alpha value is -2.64. The average Bonchev–Trinajstić information content (AvgIpc) is 2.52. The van der Waals surface area contributed by atoms with Gasteiger partial charge >= 0.3 is 5.97 Å². The molecule has 0 aliphatic carbocycles. The first kappa shape index (κ1) is 17.7. The van der Waals surface area contributed by atoms with E-state index in [0.717, 1.165) is 0 Å². The van der Waals surface area contributed by atoms with Gasteiger partial charge in [-0.2, -0.15) is 0 Å². The van der Waals surface area contributed by atoms with Crippen LogP contribution in [0.4, 0.5) is 5.69 Å². The molecule has 0 saturated carbocycles. The lowest BCUT2D eigenvalue weighted by Gasteiger charge is -2.03. The fraction of sp³-hybridized carbons (Fsp3) is 0.0667. The zero-order chi connectivity index (χ0) is 17.7. The Bertz CT molecular complexity index is 787. The molecule has 0 bridgehead atoms. The number of nitro benzene ring substituents is 1. The van der Waals surface area contributed by atoms with Gasteiger partial charge in [0.1, 0.15) is 5.84 Å². The SMILES string of the molecule is N/C(Cc1ccc([N+](=O)[O-])cc1)=N\OC(=O)c1cc(Cl)cc(Cl)c1. The third-order valence-corrected chi connectivity index (χ3v) is 3.31. The third kappa shape index (κ3) is 4.94. The first-order chi connectivity index (χ1) is 11.3. The number of non-ortho nitro benzene ring substituents is 1. The minimum absolute atomic E-state index is 0.0291. The summed E-state index contributed by atoms with van der Waals surface area (Å²) in [6, 6.07) is 10.0. The Morgan fingerprint density at radius 3 is 2.29 bits per heavy atom. The number of amidine groups is 1. The van der Waals surface area contributed by atoms with E-state index in [1.807, 2.05) is 0 Å². The number of carbonyl (C=O) groups is 1. The van der Waals surface area contributed by atoms with Crippen molar-refractivity contribution in [2.24, 2.45) is 10.9 Å². The first-order valence-corrected chi connectivity index (χ1v) is 7.34. The predicted molar refractivity (Wildman–Crippen MR) is 90.3 cm³/mol. The van der Waals surface area contributed by atoms with E-state index in [1.54, 1.807) is 12.1 Å². The van der Waals surface area contributed by atoms with Crippen molar-refractivity contribution in [1.29, 1.82) is 0 Å². The van der Waals surface area contributed by atoms with Gasteiger partial charge in [-0.3, -0.25) is 10.1 Å². The summed E-state index contributed by atoms with van der Waals surface area (Å²) in [4.78, 5) is 26.7. The van der Waals surface area contributed by atoms with Crippen LogP contribution in [-0.4, -0.2) is 16.7 Å². The van der Waals surface area contributed by atoms with Crippen molar-refractivity contribution in [1.82, 2.24) is 0 Å². The highest BCUT2D eigenvalue weighted by molar-refractivity contribution is 6.35. The normalized spacial score (nSPS) is 11.2. The van der Waals surface area contributed by atoms with Crippen LogP contribution in [-0.2, 0) is 11.3 Å². The second kappa shape index (κ2) is 7.76. The summed E-state index contributed by atoms with van der Waals surface area (Å²) in [5.74, 6) is -0.726. The van der Waals surface area contributed by atoms with Crippen LogP contribution < -0.4 is 5.73 Å². The molecule has 2 rings (SSSR count). The smallest absolute Gasteiger partial charge is 0.365 e. The molecule has 0 heterocycles. The molecule has 2 N–H and O–H groups in total. The van der Waals surface area contributed by atoms with Gasteiger partial charge in [-0.05, 0) is 23.8 Å². The molecule has 2 aromatic carbocycles. The number of nitrogens with two attached hydrogens (primary N) is 1. The van der Waals surface area contributed by atoms with Crippen molar-refractivity contribution < 1.29 is 14.6 Å². The first-order valence-electron chi connectivity index (χ1n) is 6.58. The Kier molecular flexibility index (Phi) is 5.73. The van der Waals surface area contributed by atoms with Gasteiger partial charge in [-0.25, -0.2) is 4.79 Å². The van der Waals surface area contributed by atoms with Crippen LogP contribution in [0.15, 0.2) is 47.6 Å². The van der Waals surface area contributed by atoms with Crippen LogP contribution in [0.5, 0.6) is 0 Å². The number of oxime groups is 1. The van der Waals surface area contributed by atoms with Crippen molar-refractivity contribution in [3.8, 4) is 0 Å². The number of hydrogen-bond donors (Lipinski definition) is 1. The molecule has 0 atom stereocenters. The number of nitro groups is 1. The molecule has 0 aromatic heterocycles. The minimum Gasteiger partial charge on any atom is -0.384 e. The van der Waals surface area contributed by atoms with Gasteiger partial charge in [0.2, 0.25) is 0 Å². The molecule has 124 valence electrons. The molecule has 0 aliphatic heterocycles. The molecule has 0 saturated heterocycles. The standard InChI is InChI=1S/C15H11Cl2N3O4/c16-11-6-10(7-12(17)8-11)15(21)24-19-14(18)5-9-1-3-13(4-2-9)20(22)23/h1-4,6-8H,5H2,(H2,18,19). The summed E-state index contributed by atoms with van der Waals surface area (Å²) in [7, 11) is 0. The van der Waals surface area contributed by atoms with Gasteiger partial charge in [-0.1, -0.05) is 40.5 Å². The minimum atomic E-state index is -0.758. The number of benzene rings is 2. The molecule has 0 amide bonds. The van der Waals surface area contributed by atoms with Crippen LogP contribution >= 0.6 is 23.2 Å². The lowest BCUT2D eigenvalue weighted by molar-refractivity contribution is -0.384. The molecule has 0 fully saturated rings. The van der Waals surface area contributed by atoms with Gasteiger partial charge < -0.3 is 10.6 Å². The summed E-state index contributed by atoms with van der Waals surface area (Å²) in [6.45, 7) is 0. The fourth-order valence-electron chi connectivity index (χ4n) is 1.80. The van der Waals surface area contributed by atoms with Crippen LogP contribution in [0, 0.1) is 10.1 Å². The summed E-state index contributed by atoms with van der Waals surface area (Å²) in [6.07, 6.45) is 0.168. The van der Waals surface area contributed by atoms with Crippen LogP contribution in [0.25, 0.3) is 0 Å². The van der Waals surface area contributed by atoms with Gasteiger partial charge in [0.15, 0.2) is 0 Å². The summed E-state index contributed by atoms with van der Waals surface area (Å²) < 4.78 is 0. The van der Waals surface area contributed by atoms with E-state index in [9.17, 15) is 14.9 Å². The Morgan fingerprint density at radius 2 is 1.75 bits per heavy atom. The van der Waals surface area contributed by atoms with Gasteiger partial charge in [-0.15, -0.1) is 0 Å². The zero-order valence-corrected chi connectivity index (χ0v) is 13.6. The second-order valence-corrected chi connectivity index (χ2v) is 5.59. The van der Waals surface area contributed by atoms with E-state index in [-0.39, 0.29) is 33.6 Å². The maximum atomic E-state index is 11.8. The Balaban J connectivity index is 2.00. The van der Waals surface area contributed by atoms with Crippen molar-refractivity contribution in [3.63, 3.8) is 0 Å². The van der Waals surface area contributed by atoms with Crippen molar-refractivity contribution in [2.45, 2.75) is 6.42 Å². The monoisotopic (exact) mass is 367 g/mol. The molecule has 2 aromatic rings. The van der Waals surface area contributed by atoms with E-state index in [1.165, 1.54) is 30.3 Å². The van der Waals surface area contributed by atoms with E-state index < -0.39 is 10.9 Å². The molecule has 24 heavy (non-hydrogen) atoms. The van der Waals surface area contributed by atoms with E-state index in [4.69, 9.17) is 33.8 Å². The summed E-state index contributed by atoms with van der Waals surface area (Å²) >= 11 is 11.6. The van der Waals surface area contributed by atoms with E-state index >= 15 is 0 Å². The lowest BCUT2D eigenvalue weighted by Crippen LogP contribution is -2.16. The number of hydrogen-bond acceptors (Lipinski definition) is 5. The zero-order valence-electron chi connectivity index (χ0n) is 12.1. The molecule has 0 spiro atoms. The average molecular weight is 368 g/mol.